The Bertz CT molecular complexity index is 1030. The van der Waals surface area contributed by atoms with Crippen molar-refractivity contribution < 1.29 is 9.53 Å². The van der Waals surface area contributed by atoms with Crippen LogP contribution in [0.5, 0.6) is 0 Å². The number of nitrogen functional groups attached to an aromatic ring is 1. The molecule has 0 aliphatic heterocycles. The molecule has 0 aliphatic rings. The average molecular weight is 435 g/mol. The van der Waals surface area contributed by atoms with Crippen LogP contribution in [0.3, 0.4) is 0 Å². The second kappa shape index (κ2) is 10.8. The number of aromatic amines is 1. The van der Waals surface area contributed by atoms with E-state index < -0.39 is 17.2 Å². The van der Waals surface area contributed by atoms with E-state index in [9.17, 15) is 14.4 Å². The van der Waals surface area contributed by atoms with Gasteiger partial charge in [-0.25, -0.2) is 4.79 Å². The molecule has 0 spiro atoms. The zero-order valence-corrected chi connectivity index (χ0v) is 18.1. The van der Waals surface area contributed by atoms with Crippen LogP contribution >= 0.6 is 11.6 Å². The van der Waals surface area contributed by atoms with Crippen LogP contribution < -0.4 is 21.9 Å². The van der Waals surface area contributed by atoms with E-state index in [1.165, 1.54) is 15.5 Å². The van der Waals surface area contributed by atoms with Crippen LogP contribution in [-0.4, -0.2) is 35.7 Å². The molecular weight excluding hydrogens is 408 g/mol. The molecule has 0 atom stereocenters. The van der Waals surface area contributed by atoms with Crippen LogP contribution in [0.15, 0.2) is 39.9 Å². The molecule has 0 saturated carbocycles. The summed E-state index contributed by atoms with van der Waals surface area (Å²) in [6, 6.07) is 7.02. The molecule has 0 radical (unpaired) electrons. The number of nitrogens with two attached hydrogens (primary N) is 1. The summed E-state index contributed by atoms with van der Waals surface area (Å²) in [5, 5.41) is 0.544. The number of H-pyrrole nitrogens is 1. The quantitative estimate of drug-likeness (QED) is 0.465. The van der Waals surface area contributed by atoms with Crippen molar-refractivity contribution in [3.05, 3.63) is 61.8 Å². The summed E-state index contributed by atoms with van der Waals surface area (Å²) < 4.78 is 6.34. The molecule has 0 bridgehead atoms. The maximum atomic E-state index is 13.0. The van der Waals surface area contributed by atoms with Gasteiger partial charge in [-0.15, -0.1) is 0 Å². The van der Waals surface area contributed by atoms with Crippen molar-refractivity contribution >= 4 is 35.1 Å². The fraction of sp³-hybridized carbons (Fsp3) is 0.381. The van der Waals surface area contributed by atoms with Crippen molar-refractivity contribution in [2.24, 2.45) is 5.92 Å². The van der Waals surface area contributed by atoms with Gasteiger partial charge in [0.25, 0.3) is 11.5 Å². The fourth-order valence-electron chi connectivity index (χ4n) is 2.95. The Morgan fingerprint density at radius 2 is 2.10 bits per heavy atom. The highest BCUT2D eigenvalue weighted by molar-refractivity contribution is 6.30. The molecule has 1 aromatic carbocycles. The zero-order chi connectivity index (χ0) is 22.3. The van der Waals surface area contributed by atoms with Gasteiger partial charge in [0.1, 0.15) is 5.82 Å². The number of nitrogens with one attached hydrogen (secondary N) is 1. The predicted octanol–water partition coefficient (Wildman–Crippen LogP) is 2.51. The van der Waals surface area contributed by atoms with Crippen LogP contribution in [0, 0.1) is 5.92 Å². The van der Waals surface area contributed by atoms with E-state index >= 15 is 0 Å². The van der Waals surface area contributed by atoms with Gasteiger partial charge in [0.05, 0.1) is 0 Å². The third kappa shape index (κ3) is 6.08. The van der Waals surface area contributed by atoms with Crippen molar-refractivity contribution in [3.8, 4) is 0 Å². The highest BCUT2D eigenvalue weighted by atomic mass is 35.5. The van der Waals surface area contributed by atoms with Crippen molar-refractivity contribution in [2.75, 3.05) is 30.9 Å². The number of amides is 1. The second-order valence-electron chi connectivity index (χ2n) is 7.22. The first-order valence-electron chi connectivity index (χ1n) is 9.61. The van der Waals surface area contributed by atoms with Gasteiger partial charge in [0.2, 0.25) is 0 Å². The minimum Gasteiger partial charge on any atom is -0.385 e. The summed E-state index contributed by atoms with van der Waals surface area (Å²) in [6.07, 6.45) is 3.43. The molecule has 0 unspecified atom stereocenters. The van der Waals surface area contributed by atoms with Gasteiger partial charge >= 0.3 is 5.69 Å². The summed E-state index contributed by atoms with van der Waals surface area (Å²) in [5.74, 6) is -0.374. The molecule has 3 N–H and O–H groups in total. The van der Waals surface area contributed by atoms with Crippen molar-refractivity contribution in [1.29, 1.82) is 0 Å². The van der Waals surface area contributed by atoms with Gasteiger partial charge in [0.15, 0.2) is 5.69 Å². The molecular formula is C21H27ClN4O4. The lowest BCUT2D eigenvalue weighted by Gasteiger charge is -2.24. The molecule has 2 rings (SSSR count). The third-order valence-corrected chi connectivity index (χ3v) is 4.53. The standard InChI is InChI=1S/C21H27ClN4O4/c1-14(2)13-26-19(23)18(20(28)24-21(26)29)25(10-5-11-30-3)17(27)9-8-15-6-4-7-16(22)12-15/h4,6-9,12,14H,5,10-11,13,23H2,1-3H3,(H,24,28,29)/b9-8+. The molecule has 8 nitrogen and oxygen atoms in total. The maximum Gasteiger partial charge on any atom is 0.330 e. The molecule has 1 aromatic heterocycles. The smallest absolute Gasteiger partial charge is 0.330 e. The Morgan fingerprint density at radius 1 is 1.37 bits per heavy atom. The molecule has 9 heteroatoms. The van der Waals surface area contributed by atoms with Crippen LogP contribution in [0.25, 0.3) is 6.08 Å². The van der Waals surface area contributed by atoms with Gasteiger partial charge in [-0.1, -0.05) is 37.6 Å². The molecule has 1 amide bonds. The number of aromatic nitrogens is 2. The minimum absolute atomic E-state index is 0.0422. The highest BCUT2D eigenvalue weighted by Gasteiger charge is 2.23. The number of carbonyl (C=O) groups is 1. The second-order valence-corrected chi connectivity index (χ2v) is 7.66. The van der Waals surface area contributed by atoms with E-state index in [0.717, 1.165) is 5.56 Å². The Labute approximate surface area is 179 Å². The largest absolute Gasteiger partial charge is 0.385 e. The molecule has 2 aromatic rings. The first-order valence-corrected chi connectivity index (χ1v) is 9.99. The number of nitrogens with zero attached hydrogens (tertiary/aromatic N) is 2. The molecule has 0 aliphatic carbocycles. The van der Waals surface area contributed by atoms with E-state index in [-0.39, 0.29) is 24.0 Å². The van der Waals surface area contributed by atoms with Crippen LogP contribution in [0.1, 0.15) is 25.8 Å². The Balaban J connectivity index is 2.47. The minimum atomic E-state index is -0.709. The number of methoxy groups -OCH3 is 1. The van der Waals surface area contributed by atoms with E-state index in [0.29, 0.717) is 24.6 Å². The van der Waals surface area contributed by atoms with E-state index in [2.05, 4.69) is 4.98 Å². The van der Waals surface area contributed by atoms with Crippen LogP contribution in [-0.2, 0) is 16.1 Å². The van der Waals surface area contributed by atoms with Crippen LogP contribution in [0.4, 0.5) is 11.5 Å². The summed E-state index contributed by atoms with van der Waals surface area (Å²) in [6.45, 7) is 4.75. The Morgan fingerprint density at radius 3 is 2.73 bits per heavy atom. The monoisotopic (exact) mass is 434 g/mol. The number of hydrogen-bond donors (Lipinski definition) is 2. The first-order chi connectivity index (χ1) is 14.2. The predicted molar refractivity (Wildman–Crippen MR) is 120 cm³/mol. The summed E-state index contributed by atoms with van der Waals surface area (Å²) in [7, 11) is 1.55. The van der Waals surface area contributed by atoms with Crippen molar-refractivity contribution in [1.82, 2.24) is 9.55 Å². The molecule has 0 fully saturated rings. The SMILES string of the molecule is COCCCN(C(=O)/C=C/c1cccc(Cl)c1)c1c(N)n(CC(C)C)c(=O)[nH]c1=O. The number of anilines is 2. The fourth-order valence-corrected chi connectivity index (χ4v) is 3.15. The highest BCUT2D eigenvalue weighted by Crippen LogP contribution is 2.19. The van der Waals surface area contributed by atoms with Gasteiger partial charge in [-0.2, -0.15) is 0 Å². The maximum absolute atomic E-state index is 13.0. The molecule has 0 saturated heterocycles. The lowest BCUT2D eigenvalue weighted by molar-refractivity contribution is -0.114. The zero-order valence-electron chi connectivity index (χ0n) is 17.4. The van der Waals surface area contributed by atoms with E-state index in [4.69, 9.17) is 22.1 Å². The molecule has 1 heterocycles. The first kappa shape index (κ1) is 23.4. The lowest BCUT2D eigenvalue weighted by Crippen LogP contribution is -2.41. The summed E-state index contributed by atoms with van der Waals surface area (Å²) >= 11 is 5.98. The Kier molecular flexibility index (Phi) is 8.44. The number of rotatable bonds is 9. The number of benzene rings is 1. The molecule has 162 valence electrons. The van der Waals surface area contributed by atoms with E-state index in [1.807, 2.05) is 13.8 Å². The van der Waals surface area contributed by atoms with Crippen LogP contribution in [0.2, 0.25) is 5.02 Å². The molecule has 30 heavy (non-hydrogen) atoms. The topological polar surface area (TPSA) is 110 Å². The number of carbonyl (C=O) groups excluding carboxylic acids is 1. The Hall–Kier alpha value is -2.84. The average Bonchev–Trinajstić information content (AvgIpc) is 2.68. The van der Waals surface area contributed by atoms with Gasteiger partial charge in [0, 0.05) is 37.9 Å². The van der Waals surface area contributed by atoms with Gasteiger partial charge in [-0.3, -0.25) is 19.1 Å². The number of halogens is 1. The van der Waals surface area contributed by atoms with E-state index in [1.54, 1.807) is 37.5 Å². The summed E-state index contributed by atoms with van der Waals surface area (Å²) in [5.41, 5.74) is 5.55. The number of hydrogen-bond acceptors (Lipinski definition) is 5. The van der Waals surface area contributed by atoms with Gasteiger partial charge in [-0.05, 0) is 36.1 Å². The lowest BCUT2D eigenvalue weighted by atomic mass is 10.2. The normalized spacial score (nSPS) is 11.4. The number of ether oxygens (including phenoxy) is 1. The summed E-state index contributed by atoms with van der Waals surface area (Å²) in [4.78, 5) is 41.3. The van der Waals surface area contributed by atoms with Gasteiger partial charge < -0.3 is 15.4 Å². The third-order valence-electron chi connectivity index (χ3n) is 4.29. The van der Waals surface area contributed by atoms with Crippen molar-refractivity contribution in [3.63, 3.8) is 0 Å². The van der Waals surface area contributed by atoms with Crippen molar-refractivity contribution in [2.45, 2.75) is 26.8 Å².